The van der Waals surface area contributed by atoms with E-state index in [1.807, 2.05) is 35.2 Å². The molecule has 4 aromatic rings. The molecule has 0 saturated heterocycles. The standard InChI is InChI=1S/C27H28N4O2/c1-2-20-12-14-21(15-13-20)18-31(19-22-7-6-16-28-17-22)26(32)11-5-10-25-29-24-9-4-3-8-23(24)27(33)30-25/h3-4,6-9,12-17H,2,5,10-11,18-19H2,1H3,(H,29,30,33). The summed E-state index contributed by atoms with van der Waals surface area (Å²) in [6, 6.07) is 19.6. The Balaban J connectivity index is 1.43. The second-order valence-electron chi connectivity index (χ2n) is 8.16. The minimum Gasteiger partial charge on any atom is -0.334 e. The maximum Gasteiger partial charge on any atom is 0.258 e. The highest BCUT2D eigenvalue weighted by Gasteiger charge is 2.15. The van der Waals surface area contributed by atoms with Crippen LogP contribution >= 0.6 is 0 Å². The third kappa shape index (κ3) is 5.92. The lowest BCUT2D eigenvalue weighted by Crippen LogP contribution is -2.30. The van der Waals surface area contributed by atoms with Crippen LogP contribution in [-0.2, 0) is 30.7 Å². The maximum atomic E-state index is 13.2. The van der Waals surface area contributed by atoms with E-state index in [9.17, 15) is 9.59 Å². The van der Waals surface area contributed by atoms with Gasteiger partial charge in [0.05, 0.1) is 10.9 Å². The van der Waals surface area contributed by atoms with E-state index in [0.717, 1.165) is 17.5 Å². The molecule has 0 radical (unpaired) electrons. The number of aromatic nitrogens is 3. The van der Waals surface area contributed by atoms with Gasteiger partial charge in [-0.05, 0) is 47.7 Å². The van der Waals surface area contributed by atoms with E-state index in [1.165, 1.54) is 5.56 Å². The van der Waals surface area contributed by atoms with Crippen molar-refractivity contribution < 1.29 is 4.79 Å². The number of rotatable bonds is 9. The number of amides is 1. The van der Waals surface area contributed by atoms with E-state index in [4.69, 9.17) is 0 Å². The molecule has 0 saturated carbocycles. The second kappa shape index (κ2) is 10.7. The normalized spacial score (nSPS) is 10.9. The number of hydrogen-bond acceptors (Lipinski definition) is 4. The Kier molecular flexibility index (Phi) is 7.25. The topological polar surface area (TPSA) is 79.0 Å². The number of aromatic amines is 1. The van der Waals surface area contributed by atoms with Gasteiger partial charge in [0.1, 0.15) is 5.82 Å². The number of aryl methyl sites for hydroxylation is 2. The quantitative estimate of drug-likeness (QED) is 0.418. The fourth-order valence-electron chi connectivity index (χ4n) is 3.86. The zero-order chi connectivity index (χ0) is 23.0. The monoisotopic (exact) mass is 440 g/mol. The lowest BCUT2D eigenvalue weighted by Gasteiger charge is -2.23. The van der Waals surface area contributed by atoms with Crippen molar-refractivity contribution in [1.82, 2.24) is 19.9 Å². The molecule has 6 heteroatoms. The van der Waals surface area contributed by atoms with Crippen LogP contribution in [0.4, 0.5) is 0 Å². The number of pyridine rings is 1. The Hall–Kier alpha value is -3.80. The van der Waals surface area contributed by atoms with E-state index < -0.39 is 0 Å². The predicted octanol–water partition coefficient (Wildman–Crippen LogP) is 4.43. The maximum absolute atomic E-state index is 13.2. The lowest BCUT2D eigenvalue weighted by molar-refractivity contribution is -0.132. The van der Waals surface area contributed by atoms with Gasteiger partial charge in [-0.25, -0.2) is 4.98 Å². The molecule has 33 heavy (non-hydrogen) atoms. The average molecular weight is 441 g/mol. The van der Waals surface area contributed by atoms with Crippen LogP contribution in [0.25, 0.3) is 10.9 Å². The molecular formula is C27H28N4O2. The summed E-state index contributed by atoms with van der Waals surface area (Å²) in [5.74, 6) is 0.682. The van der Waals surface area contributed by atoms with Gasteiger partial charge in [0.15, 0.2) is 0 Å². The average Bonchev–Trinajstić information content (AvgIpc) is 2.85. The van der Waals surface area contributed by atoms with Crippen molar-refractivity contribution in [3.63, 3.8) is 0 Å². The van der Waals surface area contributed by atoms with Crippen LogP contribution in [0.3, 0.4) is 0 Å². The highest BCUT2D eigenvalue weighted by molar-refractivity contribution is 5.77. The Morgan fingerprint density at radius 2 is 1.70 bits per heavy atom. The molecule has 0 bridgehead atoms. The molecule has 0 aliphatic heterocycles. The minimum absolute atomic E-state index is 0.0709. The summed E-state index contributed by atoms with van der Waals surface area (Å²) < 4.78 is 0. The number of hydrogen-bond donors (Lipinski definition) is 1. The van der Waals surface area contributed by atoms with Crippen molar-refractivity contribution in [2.45, 2.75) is 45.7 Å². The van der Waals surface area contributed by atoms with Crippen molar-refractivity contribution in [2.75, 3.05) is 0 Å². The summed E-state index contributed by atoms with van der Waals surface area (Å²) in [6.45, 7) is 3.18. The molecule has 168 valence electrons. The van der Waals surface area contributed by atoms with Gasteiger partial charge in [-0.1, -0.05) is 49.4 Å². The van der Waals surface area contributed by atoms with Crippen molar-refractivity contribution in [1.29, 1.82) is 0 Å². The molecule has 0 atom stereocenters. The summed E-state index contributed by atoms with van der Waals surface area (Å²) in [4.78, 5) is 38.9. The largest absolute Gasteiger partial charge is 0.334 e. The Morgan fingerprint density at radius 3 is 2.45 bits per heavy atom. The van der Waals surface area contributed by atoms with Gasteiger partial charge < -0.3 is 9.88 Å². The number of carbonyl (C=O) groups is 1. The molecule has 0 fully saturated rings. The van der Waals surface area contributed by atoms with E-state index in [-0.39, 0.29) is 11.5 Å². The fraction of sp³-hybridized carbons (Fsp3) is 0.259. The van der Waals surface area contributed by atoms with E-state index in [1.54, 1.807) is 18.5 Å². The number of benzene rings is 2. The molecule has 0 aliphatic carbocycles. The van der Waals surface area contributed by atoms with Crippen LogP contribution in [-0.4, -0.2) is 25.8 Å². The first-order valence-electron chi connectivity index (χ1n) is 11.3. The number of nitrogens with zero attached hydrogens (tertiary/aromatic N) is 3. The van der Waals surface area contributed by atoms with Crippen LogP contribution in [0.2, 0.25) is 0 Å². The molecule has 4 rings (SSSR count). The predicted molar refractivity (Wildman–Crippen MR) is 130 cm³/mol. The molecule has 0 aliphatic rings. The van der Waals surface area contributed by atoms with Crippen LogP contribution in [0.1, 0.15) is 42.3 Å². The van der Waals surface area contributed by atoms with Crippen LogP contribution in [0, 0.1) is 0 Å². The van der Waals surface area contributed by atoms with Crippen molar-refractivity contribution in [3.8, 4) is 0 Å². The molecule has 1 N–H and O–H groups in total. The Labute approximate surface area is 193 Å². The molecule has 2 aromatic heterocycles. The molecule has 0 spiro atoms. The third-order valence-electron chi connectivity index (χ3n) is 5.72. The van der Waals surface area contributed by atoms with Crippen molar-refractivity contribution >= 4 is 16.8 Å². The number of nitrogens with one attached hydrogen (secondary N) is 1. The van der Waals surface area contributed by atoms with Gasteiger partial charge in [-0.3, -0.25) is 14.6 Å². The number of para-hydroxylation sites is 1. The Morgan fingerprint density at radius 1 is 0.939 bits per heavy atom. The minimum atomic E-state index is -0.143. The first kappa shape index (κ1) is 22.4. The number of H-pyrrole nitrogens is 1. The van der Waals surface area contributed by atoms with Gasteiger partial charge in [0, 0.05) is 38.3 Å². The first-order chi connectivity index (χ1) is 16.1. The van der Waals surface area contributed by atoms with Gasteiger partial charge in [-0.2, -0.15) is 0 Å². The molecule has 1 amide bonds. The van der Waals surface area contributed by atoms with Crippen molar-refractivity contribution in [3.05, 3.63) is 106 Å². The third-order valence-corrected chi connectivity index (χ3v) is 5.72. The number of fused-ring (bicyclic) bond motifs is 1. The fourth-order valence-corrected chi connectivity index (χ4v) is 3.86. The van der Waals surface area contributed by atoms with Gasteiger partial charge >= 0.3 is 0 Å². The highest BCUT2D eigenvalue weighted by Crippen LogP contribution is 2.14. The molecule has 0 unspecified atom stereocenters. The zero-order valence-electron chi connectivity index (χ0n) is 18.8. The van der Waals surface area contributed by atoms with Crippen LogP contribution in [0.5, 0.6) is 0 Å². The molecule has 6 nitrogen and oxygen atoms in total. The molecule has 2 heterocycles. The van der Waals surface area contributed by atoms with Gasteiger partial charge in [-0.15, -0.1) is 0 Å². The van der Waals surface area contributed by atoms with E-state index in [2.05, 4.69) is 46.1 Å². The summed E-state index contributed by atoms with van der Waals surface area (Å²) in [6.07, 6.45) is 6.05. The van der Waals surface area contributed by atoms with Crippen molar-refractivity contribution in [2.24, 2.45) is 0 Å². The van der Waals surface area contributed by atoms with E-state index in [0.29, 0.717) is 49.1 Å². The SMILES string of the molecule is CCc1ccc(CN(Cc2cccnc2)C(=O)CCCc2nc3ccccc3c(=O)[nH]2)cc1. The van der Waals surface area contributed by atoms with Crippen LogP contribution < -0.4 is 5.56 Å². The Bertz CT molecular complexity index is 1270. The smallest absolute Gasteiger partial charge is 0.258 e. The second-order valence-corrected chi connectivity index (χ2v) is 8.16. The highest BCUT2D eigenvalue weighted by atomic mass is 16.2. The molecular weight excluding hydrogens is 412 g/mol. The molecule has 2 aromatic carbocycles. The summed E-state index contributed by atoms with van der Waals surface area (Å²) in [5, 5.41) is 0.578. The summed E-state index contributed by atoms with van der Waals surface area (Å²) in [7, 11) is 0. The van der Waals surface area contributed by atoms with Gasteiger partial charge in [0.2, 0.25) is 5.91 Å². The number of carbonyl (C=O) groups excluding carboxylic acids is 1. The van der Waals surface area contributed by atoms with E-state index >= 15 is 0 Å². The lowest BCUT2D eigenvalue weighted by atomic mass is 10.1. The van der Waals surface area contributed by atoms with Crippen LogP contribution in [0.15, 0.2) is 77.9 Å². The zero-order valence-corrected chi connectivity index (χ0v) is 18.8. The first-order valence-corrected chi connectivity index (χ1v) is 11.3. The van der Waals surface area contributed by atoms with Gasteiger partial charge in [0.25, 0.3) is 5.56 Å². The summed E-state index contributed by atoms with van der Waals surface area (Å²) in [5.41, 5.74) is 3.91. The summed E-state index contributed by atoms with van der Waals surface area (Å²) >= 11 is 0.